The molecule has 0 aliphatic rings. The summed E-state index contributed by atoms with van der Waals surface area (Å²) in [6.07, 6.45) is -25.8. The summed E-state index contributed by atoms with van der Waals surface area (Å²) >= 11 is 0. The minimum Gasteiger partial charge on any atom is -0.348 e. The lowest BCUT2D eigenvalue weighted by Crippen LogP contribution is -2.49. The monoisotopic (exact) mass is 278 g/mol. The zero-order chi connectivity index (χ0) is 14.1. The van der Waals surface area contributed by atoms with Crippen molar-refractivity contribution in [1.29, 1.82) is 0 Å². The molecule has 0 aliphatic heterocycles. The lowest BCUT2D eigenvalue weighted by Gasteiger charge is -2.28. The van der Waals surface area contributed by atoms with Crippen LogP contribution in [0.3, 0.4) is 0 Å². The van der Waals surface area contributed by atoms with Gasteiger partial charge in [0.15, 0.2) is 6.10 Å². The molecule has 104 valence electrons. The minimum absolute atomic E-state index is 0.766. The van der Waals surface area contributed by atoms with Crippen LogP contribution in [0.1, 0.15) is 13.3 Å². The summed E-state index contributed by atoms with van der Waals surface area (Å²) in [5.41, 5.74) is 0. The van der Waals surface area contributed by atoms with Gasteiger partial charge in [0, 0.05) is 0 Å². The largest absolute Gasteiger partial charge is 0.423 e. The van der Waals surface area contributed by atoms with Crippen molar-refractivity contribution in [2.75, 3.05) is 0 Å². The topological polar surface area (TPSA) is 9.23 Å². The lowest BCUT2D eigenvalue weighted by atomic mass is 10.2. The Morgan fingerprint density at radius 3 is 1.29 bits per heavy atom. The smallest absolute Gasteiger partial charge is 0.348 e. The van der Waals surface area contributed by atoms with Gasteiger partial charge in [-0.3, -0.25) is 0 Å². The maximum Gasteiger partial charge on any atom is 0.423 e. The number of ether oxygens (including phenoxy) is 1. The van der Waals surface area contributed by atoms with Crippen LogP contribution in [-0.2, 0) is 4.74 Å². The molecule has 0 aromatic carbocycles. The predicted octanol–water partition coefficient (Wildman–Crippen LogP) is 3.84. The number of rotatable bonds is 3. The van der Waals surface area contributed by atoms with Crippen LogP contribution in [0.25, 0.3) is 0 Å². The zero-order valence-corrected chi connectivity index (χ0v) is 8.17. The molecule has 1 unspecified atom stereocenters. The number of hydrogen-bond donors (Lipinski definition) is 0. The Labute approximate surface area is 89.5 Å². The normalized spacial score (nSPS) is 16.4. The average molecular weight is 278 g/mol. The summed E-state index contributed by atoms with van der Waals surface area (Å²) < 4.78 is 110. The van der Waals surface area contributed by atoms with Crippen molar-refractivity contribution in [2.24, 2.45) is 0 Å². The van der Waals surface area contributed by atoms with Crippen LogP contribution in [0.5, 0.6) is 0 Å². The van der Waals surface area contributed by atoms with E-state index in [2.05, 4.69) is 4.74 Å². The van der Waals surface area contributed by atoms with Crippen LogP contribution in [0.2, 0.25) is 0 Å². The highest BCUT2D eigenvalue weighted by Gasteiger charge is 2.60. The SMILES string of the molecule is CCC(OC(C(F)(F)F)C(F)(F)F)C(F)(F)F. The lowest BCUT2D eigenvalue weighted by molar-refractivity contribution is -0.354. The Hall–Kier alpha value is -0.670. The van der Waals surface area contributed by atoms with Gasteiger partial charge < -0.3 is 4.74 Å². The molecule has 0 heterocycles. The molecular formula is C7H7F9O. The standard InChI is InChI=1S/C7H7F9O/c1-2-3(5(8,9)10)17-4(6(11,12)13)7(14,15)16/h3-4H,2H2,1H3. The Kier molecular flexibility index (Phi) is 4.71. The molecule has 0 saturated carbocycles. The molecule has 0 amide bonds. The molecule has 0 aromatic rings. The van der Waals surface area contributed by atoms with Crippen LogP contribution < -0.4 is 0 Å². The molecule has 0 rings (SSSR count). The summed E-state index contributed by atoms with van der Waals surface area (Å²) in [4.78, 5) is 0. The second-order valence-corrected chi connectivity index (χ2v) is 3.04. The predicted molar refractivity (Wildman–Crippen MR) is 37.1 cm³/mol. The number of alkyl halides is 9. The van der Waals surface area contributed by atoms with Crippen LogP contribution in [0, 0.1) is 0 Å². The summed E-state index contributed by atoms with van der Waals surface area (Å²) in [7, 11) is 0. The van der Waals surface area contributed by atoms with E-state index in [1.165, 1.54) is 0 Å². The molecule has 0 saturated heterocycles. The second kappa shape index (κ2) is 4.91. The molecule has 0 aliphatic carbocycles. The van der Waals surface area contributed by atoms with E-state index in [0.717, 1.165) is 6.92 Å². The van der Waals surface area contributed by atoms with Crippen LogP contribution >= 0.6 is 0 Å². The van der Waals surface area contributed by atoms with Crippen molar-refractivity contribution in [3.05, 3.63) is 0 Å². The first-order chi connectivity index (χ1) is 7.30. The first-order valence-electron chi connectivity index (χ1n) is 4.15. The molecule has 0 spiro atoms. The molecule has 1 atom stereocenters. The molecule has 0 aromatic heterocycles. The van der Waals surface area contributed by atoms with Gasteiger partial charge in [-0.2, -0.15) is 39.5 Å². The molecule has 0 bridgehead atoms. The van der Waals surface area contributed by atoms with Crippen LogP contribution in [-0.4, -0.2) is 30.7 Å². The Morgan fingerprint density at radius 1 is 0.765 bits per heavy atom. The summed E-state index contributed by atoms with van der Waals surface area (Å²) in [5.74, 6) is 0. The summed E-state index contributed by atoms with van der Waals surface area (Å²) in [6.45, 7) is 0.766. The average Bonchev–Trinajstić information content (AvgIpc) is 1.97. The van der Waals surface area contributed by atoms with E-state index >= 15 is 0 Å². The van der Waals surface area contributed by atoms with Gasteiger partial charge in [0.1, 0.15) is 0 Å². The van der Waals surface area contributed by atoms with E-state index in [1.54, 1.807) is 0 Å². The van der Waals surface area contributed by atoms with E-state index in [-0.39, 0.29) is 0 Å². The Bertz CT molecular complexity index is 223. The third-order valence-corrected chi connectivity index (χ3v) is 1.63. The highest BCUT2D eigenvalue weighted by atomic mass is 19.4. The van der Waals surface area contributed by atoms with E-state index in [0.29, 0.717) is 0 Å². The first kappa shape index (κ1) is 16.3. The molecule has 1 nitrogen and oxygen atoms in total. The van der Waals surface area contributed by atoms with Gasteiger partial charge in [-0.1, -0.05) is 6.92 Å². The summed E-state index contributed by atoms with van der Waals surface area (Å²) in [6, 6.07) is 0. The fourth-order valence-electron chi connectivity index (χ4n) is 0.909. The van der Waals surface area contributed by atoms with E-state index in [9.17, 15) is 39.5 Å². The van der Waals surface area contributed by atoms with E-state index < -0.39 is 37.2 Å². The molecule has 0 N–H and O–H groups in total. The van der Waals surface area contributed by atoms with Gasteiger partial charge >= 0.3 is 18.5 Å². The van der Waals surface area contributed by atoms with E-state index in [4.69, 9.17) is 0 Å². The quantitative estimate of drug-likeness (QED) is 0.713. The number of halogens is 9. The fourth-order valence-corrected chi connectivity index (χ4v) is 0.909. The van der Waals surface area contributed by atoms with Crippen LogP contribution in [0.15, 0.2) is 0 Å². The van der Waals surface area contributed by atoms with Gasteiger partial charge in [0.25, 0.3) is 0 Å². The molecule has 0 fully saturated rings. The van der Waals surface area contributed by atoms with Crippen molar-refractivity contribution in [3.8, 4) is 0 Å². The Morgan fingerprint density at radius 2 is 1.12 bits per heavy atom. The highest BCUT2D eigenvalue weighted by molar-refractivity contribution is 4.79. The third kappa shape index (κ3) is 5.00. The fraction of sp³-hybridized carbons (Fsp3) is 1.00. The highest BCUT2D eigenvalue weighted by Crippen LogP contribution is 2.39. The first-order valence-corrected chi connectivity index (χ1v) is 4.15. The van der Waals surface area contributed by atoms with Crippen molar-refractivity contribution >= 4 is 0 Å². The Balaban J connectivity index is 5.01. The van der Waals surface area contributed by atoms with Crippen molar-refractivity contribution in [1.82, 2.24) is 0 Å². The second-order valence-electron chi connectivity index (χ2n) is 3.04. The van der Waals surface area contributed by atoms with Gasteiger partial charge in [-0.15, -0.1) is 0 Å². The van der Waals surface area contributed by atoms with Crippen molar-refractivity contribution in [3.63, 3.8) is 0 Å². The number of hydrogen-bond acceptors (Lipinski definition) is 1. The molecule has 17 heavy (non-hydrogen) atoms. The zero-order valence-electron chi connectivity index (χ0n) is 8.17. The molecule has 10 heteroatoms. The molecular weight excluding hydrogens is 271 g/mol. The summed E-state index contributed by atoms with van der Waals surface area (Å²) in [5, 5.41) is 0. The van der Waals surface area contributed by atoms with Gasteiger partial charge in [0.2, 0.25) is 6.10 Å². The molecule has 0 radical (unpaired) electrons. The van der Waals surface area contributed by atoms with Gasteiger partial charge in [-0.25, -0.2) is 0 Å². The van der Waals surface area contributed by atoms with Crippen molar-refractivity contribution in [2.45, 2.75) is 44.1 Å². The third-order valence-electron chi connectivity index (χ3n) is 1.63. The maximum absolute atomic E-state index is 12.0. The van der Waals surface area contributed by atoms with Crippen LogP contribution in [0.4, 0.5) is 39.5 Å². The van der Waals surface area contributed by atoms with Gasteiger partial charge in [0.05, 0.1) is 0 Å². The van der Waals surface area contributed by atoms with Crippen molar-refractivity contribution < 1.29 is 44.3 Å². The van der Waals surface area contributed by atoms with E-state index in [1.807, 2.05) is 0 Å². The van der Waals surface area contributed by atoms with Gasteiger partial charge in [-0.05, 0) is 6.42 Å². The maximum atomic E-state index is 12.0. The minimum atomic E-state index is -5.95.